The van der Waals surface area contributed by atoms with Crippen LogP contribution in [0.4, 0.5) is 0 Å². The predicted molar refractivity (Wildman–Crippen MR) is 40.6 cm³/mol. The van der Waals surface area contributed by atoms with E-state index in [0.29, 0.717) is 5.37 Å². The Labute approximate surface area is 61.3 Å². The molecule has 2 nitrogen and oxygen atoms in total. The van der Waals surface area contributed by atoms with E-state index in [-0.39, 0.29) is 6.10 Å². The largest absolute Gasteiger partial charge is 0.392 e. The van der Waals surface area contributed by atoms with Gasteiger partial charge in [-0.3, -0.25) is 4.90 Å². The number of rotatable bonds is 1. The Morgan fingerprint density at radius 1 is 1.78 bits per heavy atom. The number of aliphatic hydroxyl groups excluding tert-OH is 1. The van der Waals surface area contributed by atoms with E-state index in [9.17, 15) is 0 Å². The molecule has 1 rings (SSSR count). The number of hydrogen-bond acceptors (Lipinski definition) is 3. The summed E-state index contributed by atoms with van der Waals surface area (Å²) in [4.78, 5) is 2.16. The molecule has 0 aromatic rings. The first-order chi connectivity index (χ1) is 4.20. The summed E-state index contributed by atoms with van der Waals surface area (Å²) in [5.41, 5.74) is 0. The number of nitrogens with zero attached hydrogens (tertiary/aromatic N) is 1. The van der Waals surface area contributed by atoms with Crippen LogP contribution in [0.3, 0.4) is 0 Å². The van der Waals surface area contributed by atoms with Crippen LogP contribution in [-0.2, 0) is 0 Å². The molecule has 1 fully saturated rings. The summed E-state index contributed by atoms with van der Waals surface area (Å²) >= 11 is 4.25. The molecule has 3 heteroatoms. The molecule has 0 aromatic carbocycles. The maximum atomic E-state index is 9.07. The van der Waals surface area contributed by atoms with Crippen molar-refractivity contribution in [3.8, 4) is 0 Å². The van der Waals surface area contributed by atoms with Gasteiger partial charge < -0.3 is 5.11 Å². The van der Waals surface area contributed by atoms with Gasteiger partial charge in [0, 0.05) is 18.5 Å². The fourth-order valence-corrected chi connectivity index (χ4v) is 1.32. The first-order valence-corrected chi connectivity index (χ1v) is 3.82. The average molecular weight is 147 g/mol. The minimum absolute atomic E-state index is 0.111. The highest BCUT2D eigenvalue weighted by Crippen LogP contribution is 2.13. The third kappa shape index (κ3) is 1.85. The smallest absolute Gasteiger partial charge is 0.0679 e. The molecule has 1 N–H and O–H groups in total. The van der Waals surface area contributed by atoms with Gasteiger partial charge in [-0.2, -0.15) is 12.6 Å². The van der Waals surface area contributed by atoms with Gasteiger partial charge in [0.1, 0.15) is 0 Å². The van der Waals surface area contributed by atoms with Gasteiger partial charge in [0.05, 0.1) is 6.10 Å². The molecule has 0 bridgehead atoms. The number of likely N-dealkylation sites (tertiary alicyclic amines) is 1. The van der Waals surface area contributed by atoms with Crippen LogP contribution in [0.15, 0.2) is 0 Å². The Morgan fingerprint density at radius 3 is 2.67 bits per heavy atom. The topological polar surface area (TPSA) is 23.5 Å². The van der Waals surface area contributed by atoms with Gasteiger partial charge in [-0.1, -0.05) is 0 Å². The van der Waals surface area contributed by atoms with E-state index in [1.807, 2.05) is 6.92 Å². The fraction of sp³-hybridized carbons (Fsp3) is 1.00. The molecule has 1 heterocycles. The van der Waals surface area contributed by atoms with Gasteiger partial charge in [-0.05, 0) is 13.3 Å². The molecule has 0 aromatic heterocycles. The quantitative estimate of drug-likeness (QED) is 0.522. The Kier molecular flexibility index (Phi) is 2.38. The van der Waals surface area contributed by atoms with Crippen molar-refractivity contribution in [3.05, 3.63) is 0 Å². The minimum Gasteiger partial charge on any atom is -0.392 e. The molecule has 0 spiro atoms. The van der Waals surface area contributed by atoms with Crippen LogP contribution in [0, 0.1) is 0 Å². The van der Waals surface area contributed by atoms with E-state index in [2.05, 4.69) is 17.5 Å². The molecule has 1 aliphatic rings. The summed E-state index contributed by atoms with van der Waals surface area (Å²) in [5.74, 6) is 0. The summed E-state index contributed by atoms with van der Waals surface area (Å²) in [6.07, 6.45) is 0.796. The lowest BCUT2D eigenvalue weighted by Gasteiger charge is -2.17. The monoisotopic (exact) mass is 147 g/mol. The van der Waals surface area contributed by atoms with E-state index < -0.39 is 0 Å². The van der Waals surface area contributed by atoms with Crippen molar-refractivity contribution in [1.29, 1.82) is 0 Å². The minimum atomic E-state index is -0.111. The van der Waals surface area contributed by atoms with Crippen molar-refractivity contribution in [3.63, 3.8) is 0 Å². The van der Waals surface area contributed by atoms with Crippen LogP contribution in [0.2, 0.25) is 0 Å². The summed E-state index contributed by atoms with van der Waals surface area (Å²) in [6, 6.07) is 0. The molecule has 0 aliphatic carbocycles. The van der Waals surface area contributed by atoms with E-state index in [0.717, 1.165) is 19.5 Å². The highest BCUT2D eigenvalue weighted by Gasteiger charge is 2.21. The highest BCUT2D eigenvalue weighted by atomic mass is 32.1. The Morgan fingerprint density at radius 2 is 2.44 bits per heavy atom. The van der Waals surface area contributed by atoms with Gasteiger partial charge in [0.2, 0.25) is 0 Å². The molecular weight excluding hydrogens is 134 g/mol. The third-order valence-electron chi connectivity index (χ3n) is 1.72. The van der Waals surface area contributed by atoms with Gasteiger partial charge >= 0.3 is 0 Å². The van der Waals surface area contributed by atoms with E-state index in [1.165, 1.54) is 0 Å². The summed E-state index contributed by atoms with van der Waals surface area (Å²) in [6.45, 7) is 3.82. The van der Waals surface area contributed by atoms with Crippen molar-refractivity contribution >= 4 is 12.6 Å². The molecular formula is C6H13NOS. The standard InChI is InChI=1S/C6H13NOS/c1-5(9)7-3-2-6(8)4-7/h5-6,8-9H,2-4H2,1H3/t5-,6?/m0/s1. The summed E-state index contributed by atoms with van der Waals surface area (Å²) in [7, 11) is 0. The van der Waals surface area contributed by atoms with E-state index in [1.54, 1.807) is 0 Å². The number of aliphatic hydroxyl groups is 1. The predicted octanol–water partition coefficient (Wildman–Crippen LogP) is 0.329. The van der Waals surface area contributed by atoms with Gasteiger partial charge in [0.15, 0.2) is 0 Å². The van der Waals surface area contributed by atoms with Crippen LogP contribution < -0.4 is 0 Å². The SMILES string of the molecule is C[C@H](S)N1CCC(O)C1. The average Bonchev–Trinajstić information content (AvgIpc) is 2.14. The molecule has 0 amide bonds. The normalized spacial score (nSPS) is 33.0. The number of hydrogen-bond donors (Lipinski definition) is 2. The van der Waals surface area contributed by atoms with Crippen molar-refractivity contribution in [2.45, 2.75) is 24.8 Å². The zero-order valence-electron chi connectivity index (χ0n) is 5.62. The Balaban J connectivity index is 2.30. The highest BCUT2D eigenvalue weighted by molar-refractivity contribution is 7.80. The van der Waals surface area contributed by atoms with Crippen molar-refractivity contribution in [2.75, 3.05) is 13.1 Å². The van der Waals surface area contributed by atoms with Crippen LogP contribution in [0.25, 0.3) is 0 Å². The molecule has 0 radical (unpaired) electrons. The van der Waals surface area contributed by atoms with Crippen LogP contribution in [-0.4, -0.2) is 34.6 Å². The molecule has 1 unspecified atom stereocenters. The second-order valence-corrected chi connectivity index (χ2v) is 3.32. The summed E-state index contributed by atoms with van der Waals surface area (Å²) in [5, 5.41) is 9.37. The number of β-amino-alcohol motifs (C(OH)–C–C–N with tert-alkyl or cyclic N) is 1. The van der Waals surface area contributed by atoms with Crippen molar-refractivity contribution in [2.24, 2.45) is 0 Å². The summed E-state index contributed by atoms with van der Waals surface area (Å²) < 4.78 is 0. The molecule has 1 aliphatic heterocycles. The molecule has 2 atom stereocenters. The lowest BCUT2D eigenvalue weighted by Crippen LogP contribution is -2.27. The van der Waals surface area contributed by atoms with Crippen LogP contribution in [0.1, 0.15) is 13.3 Å². The number of thiol groups is 1. The van der Waals surface area contributed by atoms with Crippen molar-refractivity contribution < 1.29 is 5.11 Å². The zero-order chi connectivity index (χ0) is 6.85. The van der Waals surface area contributed by atoms with Crippen molar-refractivity contribution in [1.82, 2.24) is 4.90 Å². The fourth-order valence-electron chi connectivity index (χ4n) is 1.11. The second kappa shape index (κ2) is 2.90. The second-order valence-electron chi connectivity index (χ2n) is 2.57. The molecule has 1 saturated heterocycles. The Hall–Kier alpha value is 0.270. The molecule has 0 saturated carbocycles. The van der Waals surface area contributed by atoms with Gasteiger partial charge in [-0.25, -0.2) is 0 Å². The van der Waals surface area contributed by atoms with Crippen LogP contribution >= 0.6 is 12.6 Å². The maximum absolute atomic E-state index is 9.07. The molecule has 54 valence electrons. The van der Waals surface area contributed by atoms with Gasteiger partial charge in [-0.15, -0.1) is 0 Å². The zero-order valence-corrected chi connectivity index (χ0v) is 6.51. The lowest BCUT2D eigenvalue weighted by molar-refractivity contribution is 0.175. The maximum Gasteiger partial charge on any atom is 0.0679 e. The van der Waals surface area contributed by atoms with E-state index in [4.69, 9.17) is 5.11 Å². The Bertz CT molecular complexity index is 97.1. The molecule has 9 heavy (non-hydrogen) atoms. The third-order valence-corrected chi connectivity index (χ3v) is 2.05. The van der Waals surface area contributed by atoms with Crippen LogP contribution in [0.5, 0.6) is 0 Å². The first kappa shape index (κ1) is 7.38. The van der Waals surface area contributed by atoms with Gasteiger partial charge in [0.25, 0.3) is 0 Å². The lowest BCUT2D eigenvalue weighted by atomic mass is 10.3. The first-order valence-electron chi connectivity index (χ1n) is 3.30. The van der Waals surface area contributed by atoms with E-state index >= 15 is 0 Å².